The van der Waals surface area contributed by atoms with Crippen molar-refractivity contribution in [3.63, 3.8) is 0 Å². The first kappa shape index (κ1) is 22.4. The number of halogens is 3. The molecule has 7 nitrogen and oxygen atoms in total. The summed E-state index contributed by atoms with van der Waals surface area (Å²) in [5.74, 6) is -1.91. The van der Waals surface area contributed by atoms with Crippen molar-refractivity contribution in [1.82, 2.24) is 5.32 Å². The van der Waals surface area contributed by atoms with Crippen LogP contribution in [-0.2, 0) is 16.0 Å². The van der Waals surface area contributed by atoms with E-state index in [2.05, 4.69) is 10.1 Å². The van der Waals surface area contributed by atoms with Crippen molar-refractivity contribution < 1.29 is 42.1 Å². The van der Waals surface area contributed by atoms with E-state index in [0.29, 0.717) is 0 Å². The molecule has 152 valence electrons. The first-order chi connectivity index (χ1) is 12.3. The van der Waals surface area contributed by atoms with Gasteiger partial charge in [0.25, 0.3) is 0 Å². The van der Waals surface area contributed by atoms with Crippen LogP contribution in [0.25, 0.3) is 0 Å². The summed E-state index contributed by atoms with van der Waals surface area (Å²) in [6, 6.07) is 2.12. The minimum absolute atomic E-state index is 0.0702. The predicted octanol–water partition coefficient (Wildman–Crippen LogP) is 3.50. The van der Waals surface area contributed by atoms with Crippen molar-refractivity contribution in [2.24, 2.45) is 0 Å². The molecule has 27 heavy (non-hydrogen) atoms. The van der Waals surface area contributed by atoms with Gasteiger partial charge in [-0.2, -0.15) is 0 Å². The van der Waals surface area contributed by atoms with Gasteiger partial charge in [-0.05, 0) is 39.3 Å². The highest BCUT2D eigenvalue weighted by atomic mass is 19.4. The summed E-state index contributed by atoms with van der Waals surface area (Å²) in [5.41, 5.74) is -0.934. The summed E-state index contributed by atoms with van der Waals surface area (Å²) < 4.78 is 52.1. The van der Waals surface area contributed by atoms with E-state index in [0.717, 1.165) is 6.07 Å². The number of ether oxygens (including phenoxy) is 3. The fraction of sp³-hybridized carbons (Fsp3) is 0.529. The molecule has 1 rings (SSSR count). The molecule has 0 spiro atoms. The van der Waals surface area contributed by atoms with Crippen molar-refractivity contribution in [1.29, 1.82) is 0 Å². The summed E-state index contributed by atoms with van der Waals surface area (Å²) in [7, 11) is 0. The molecule has 0 radical (unpaired) electrons. The van der Waals surface area contributed by atoms with E-state index in [-0.39, 0.29) is 17.9 Å². The smallest absolute Gasteiger partial charge is 0.494 e. The molecule has 0 heterocycles. The van der Waals surface area contributed by atoms with E-state index in [1.54, 1.807) is 27.7 Å². The van der Waals surface area contributed by atoms with Gasteiger partial charge in [-0.25, -0.2) is 9.59 Å². The van der Waals surface area contributed by atoms with Gasteiger partial charge in [0, 0.05) is 12.5 Å². The summed E-state index contributed by atoms with van der Waals surface area (Å²) in [6.07, 6.45) is -6.43. The SMILES string of the molecule is CCOc1ccc(CC(NC(=O)OC(C)(C)C)C(=O)O)c(OC(F)(F)F)c1. The van der Waals surface area contributed by atoms with Gasteiger partial charge in [0.15, 0.2) is 0 Å². The number of rotatable bonds is 7. The lowest BCUT2D eigenvalue weighted by atomic mass is 10.0. The molecule has 1 aromatic rings. The number of aliphatic carboxylic acids is 1. The summed E-state index contributed by atoms with van der Waals surface area (Å²) >= 11 is 0. The molecular formula is C17H22F3NO6. The van der Waals surface area contributed by atoms with Crippen molar-refractivity contribution in [3.05, 3.63) is 23.8 Å². The lowest BCUT2D eigenvalue weighted by Gasteiger charge is -2.22. The van der Waals surface area contributed by atoms with E-state index in [1.807, 2.05) is 0 Å². The molecule has 1 amide bonds. The molecule has 2 N–H and O–H groups in total. The number of hydrogen-bond donors (Lipinski definition) is 2. The topological polar surface area (TPSA) is 94.1 Å². The average molecular weight is 393 g/mol. The molecule has 0 fully saturated rings. The molecule has 0 aliphatic rings. The number of hydrogen-bond acceptors (Lipinski definition) is 5. The Morgan fingerprint density at radius 3 is 2.33 bits per heavy atom. The van der Waals surface area contributed by atoms with Gasteiger partial charge in [0.2, 0.25) is 0 Å². The second kappa shape index (κ2) is 8.83. The van der Waals surface area contributed by atoms with Crippen LogP contribution in [-0.4, -0.2) is 41.8 Å². The molecule has 1 unspecified atom stereocenters. The highest BCUT2D eigenvalue weighted by Gasteiger charge is 2.33. The maximum absolute atomic E-state index is 12.7. The zero-order valence-electron chi connectivity index (χ0n) is 15.3. The lowest BCUT2D eigenvalue weighted by Crippen LogP contribution is -2.44. The fourth-order valence-corrected chi connectivity index (χ4v) is 2.05. The van der Waals surface area contributed by atoms with Gasteiger partial charge in [0.05, 0.1) is 6.61 Å². The summed E-state index contributed by atoms with van der Waals surface area (Å²) in [5, 5.41) is 11.4. The quantitative estimate of drug-likeness (QED) is 0.736. The van der Waals surface area contributed by atoms with Gasteiger partial charge in [-0.1, -0.05) is 6.07 Å². The number of carbonyl (C=O) groups excluding carboxylic acids is 1. The Kier molecular flexibility index (Phi) is 7.32. The first-order valence-corrected chi connectivity index (χ1v) is 8.04. The van der Waals surface area contributed by atoms with Gasteiger partial charge >= 0.3 is 18.4 Å². The predicted molar refractivity (Wildman–Crippen MR) is 88.8 cm³/mol. The largest absolute Gasteiger partial charge is 0.573 e. The second-order valence-electron chi connectivity index (χ2n) is 6.49. The van der Waals surface area contributed by atoms with Gasteiger partial charge in [0.1, 0.15) is 23.1 Å². The van der Waals surface area contributed by atoms with Crippen LogP contribution in [0.2, 0.25) is 0 Å². The number of benzene rings is 1. The molecule has 0 aromatic heterocycles. The fourth-order valence-electron chi connectivity index (χ4n) is 2.05. The highest BCUT2D eigenvalue weighted by molar-refractivity contribution is 5.80. The second-order valence-corrected chi connectivity index (χ2v) is 6.49. The van der Waals surface area contributed by atoms with Crippen molar-refractivity contribution in [2.75, 3.05) is 6.61 Å². The highest BCUT2D eigenvalue weighted by Crippen LogP contribution is 2.31. The minimum Gasteiger partial charge on any atom is -0.494 e. The maximum atomic E-state index is 12.7. The number of carboxylic acid groups (broad SMARTS) is 1. The van der Waals surface area contributed by atoms with Crippen molar-refractivity contribution >= 4 is 12.1 Å². The average Bonchev–Trinajstić information content (AvgIpc) is 2.45. The number of nitrogens with one attached hydrogen (secondary N) is 1. The number of alkyl carbamates (subject to hydrolysis) is 1. The molecule has 1 atom stereocenters. The number of carboxylic acids is 1. The van der Waals surface area contributed by atoms with Crippen LogP contribution in [0.4, 0.5) is 18.0 Å². The molecular weight excluding hydrogens is 371 g/mol. The van der Waals surface area contributed by atoms with Crippen LogP contribution in [0.15, 0.2) is 18.2 Å². The standard InChI is InChI=1S/C17H22F3NO6/c1-5-25-11-7-6-10(13(9-11)26-17(18,19)20)8-12(14(22)23)21-15(24)27-16(2,3)4/h6-7,9,12H,5,8H2,1-4H3,(H,21,24)(H,22,23). The Morgan fingerprint density at radius 1 is 1.22 bits per heavy atom. The summed E-state index contributed by atoms with van der Waals surface area (Å²) in [4.78, 5) is 23.2. The van der Waals surface area contributed by atoms with Gasteiger partial charge in [-0.15, -0.1) is 13.2 Å². The van der Waals surface area contributed by atoms with Crippen molar-refractivity contribution in [3.8, 4) is 11.5 Å². The van der Waals surface area contributed by atoms with E-state index < -0.39 is 42.2 Å². The normalized spacial score (nSPS) is 12.9. The Labute approximate surface area is 154 Å². The number of carbonyl (C=O) groups is 2. The molecule has 0 saturated heterocycles. The van der Waals surface area contributed by atoms with Gasteiger partial charge < -0.3 is 24.6 Å². The van der Waals surface area contributed by atoms with E-state index in [1.165, 1.54) is 12.1 Å². The van der Waals surface area contributed by atoms with Crippen LogP contribution in [0, 0.1) is 0 Å². The van der Waals surface area contributed by atoms with Crippen LogP contribution in [0.3, 0.4) is 0 Å². The lowest BCUT2D eigenvalue weighted by molar-refractivity contribution is -0.274. The third kappa shape index (κ3) is 8.52. The molecule has 0 saturated carbocycles. The van der Waals surface area contributed by atoms with Crippen LogP contribution >= 0.6 is 0 Å². The Bertz CT molecular complexity index is 670. The molecule has 0 aliphatic carbocycles. The third-order valence-electron chi connectivity index (χ3n) is 2.99. The zero-order valence-corrected chi connectivity index (χ0v) is 15.3. The number of alkyl halides is 3. The molecule has 1 aromatic carbocycles. The first-order valence-electron chi connectivity index (χ1n) is 8.04. The monoisotopic (exact) mass is 393 g/mol. The Hall–Kier alpha value is -2.65. The third-order valence-corrected chi connectivity index (χ3v) is 2.99. The molecule has 0 bridgehead atoms. The Balaban J connectivity index is 3.06. The number of amides is 1. The summed E-state index contributed by atoms with van der Waals surface area (Å²) in [6.45, 7) is 6.64. The van der Waals surface area contributed by atoms with Crippen LogP contribution in [0.5, 0.6) is 11.5 Å². The van der Waals surface area contributed by atoms with E-state index in [9.17, 15) is 27.9 Å². The van der Waals surface area contributed by atoms with E-state index in [4.69, 9.17) is 9.47 Å². The van der Waals surface area contributed by atoms with Crippen LogP contribution < -0.4 is 14.8 Å². The van der Waals surface area contributed by atoms with Gasteiger partial charge in [-0.3, -0.25) is 0 Å². The maximum Gasteiger partial charge on any atom is 0.573 e. The Morgan fingerprint density at radius 2 is 1.85 bits per heavy atom. The molecule has 0 aliphatic heterocycles. The van der Waals surface area contributed by atoms with Crippen molar-refractivity contribution in [2.45, 2.75) is 52.1 Å². The van der Waals surface area contributed by atoms with Crippen LogP contribution in [0.1, 0.15) is 33.3 Å². The zero-order chi connectivity index (χ0) is 20.8. The van der Waals surface area contributed by atoms with E-state index >= 15 is 0 Å². The minimum atomic E-state index is -4.98. The molecule has 10 heteroatoms.